The van der Waals surface area contributed by atoms with Crippen molar-refractivity contribution in [3.05, 3.63) is 59.2 Å². The van der Waals surface area contributed by atoms with Gasteiger partial charge >= 0.3 is 0 Å². The van der Waals surface area contributed by atoms with Crippen molar-refractivity contribution < 1.29 is 23.4 Å². The largest absolute Gasteiger partial charge is 0.497 e. The Kier molecular flexibility index (Phi) is 6.11. The molecule has 2 aromatic rings. The first-order valence-electron chi connectivity index (χ1n) is 7.47. The quantitative estimate of drug-likeness (QED) is 0.843. The number of rotatable bonds is 7. The van der Waals surface area contributed by atoms with Crippen LogP contribution in [0.1, 0.15) is 17.2 Å². The molecule has 0 spiro atoms. The molecule has 130 valence electrons. The number of hydrogen-bond acceptors (Lipinski definition) is 4. The second-order valence-electron chi connectivity index (χ2n) is 5.56. The molecule has 6 heteroatoms. The van der Waals surface area contributed by atoms with E-state index in [9.17, 15) is 13.9 Å². The van der Waals surface area contributed by atoms with Crippen LogP contribution >= 0.6 is 0 Å². The predicted molar refractivity (Wildman–Crippen MR) is 87.2 cm³/mol. The van der Waals surface area contributed by atoms with Gasteiger partial charge in [-0.15, -0.1) is 0 Å². The van der Waals surface area contributed by atoms with Crippen LogP contribution in [0.4, 0.5) is 8.78 Å². The Hall–Kier alpha value is -2.18. The molecule has 0 aliphatic rings. The second-order valence-corrected chi connectivity index (χ2v) is 5.56. The highest BCUT2D eigenvalue weighted by Crippen LogP contribution is 2.26. The molecule has 2 aromatic carbocycles. The van der Waals surface area contributed by atoms with Gasteiger partial charge in [-0.05, 0) is 42.9 Å². The third-order valence-corrected chi connectivity index (χ3v) is 3.74. The van der Waals surface area contributed by atoms with Gasteiger partial charge in [0.25, 0.3) is 0 Å². The van der Waals surface area contributed by atoms with Gasteiger partial charge in [0.2, 0.25) is 0 Å². The molecular weight excluding hydrogens is 316 g/mol. The number of halogens is 2. The van der Waals surface area contributed by atoms with Gasteiger partial charge in [-0.2, -0.15) is 0 Å². The van der Waals surface area contributed by atoms with Gasteiger partial charge in [-0.1, -0.05) is 6.07 Å². The normalized spacial score (nSPS) is 12.3. The monoisotopic (exact) mass is 337 g/mol. The number of aliphatic hydroxyl groups is 1. The third kappa shape index (κ3) is 4.43. The van der Waals surface area contributed by atoms with E-state index in [0.717, 1.165) is 17.7 Å². The Morgan fingerprint density at radius 2 is 1.79 bits per heavy atom. The fourth-order valence-corrected chi connectivity index (χ4v) is 2.48. The Morgan fingerprint density at radius 1 is 1.04 bits per heavy atom. The van der Waals surface area contributed by atoms with Gasteiger partial charge in [0.05, 0.1) is 20.3 Å². The van der Waals surface area contributed by atoms with E-state index >= 15 is 0 Å². The summed E-state index contributed by atoms with van der Waals surface area (Å²) in [6, 6.07) is 8.88. The SMILES string of the molecule is COc1ccc(OC)c(CN(C)CC(O)c2ccc(F)c(F)c2)c1. The van der Waals surface area contributed by atoms with E-state index in [1.807, 2.05) is 24.1 Å². The van der Waals surface area contributed by atoms with Crippen LogP contribution in [0.3, 0.4) is 0 Å². The Morgan fingerprint density at radius 3 is 2.42 bits per heavy atom. The summed E-state index contributed by atoms with van der Waals surface area (Å²) in [7, 11) is 4.99. The standard InChI is InChI=1S/C18H21F2NO3/c1-21(10-13-8-14(23-2)5-7-18(13)24-3)11-17(22)12-4-6-15(19)16(20)9-12/h4-9,17,22H,10-11H2,1-3H3. The summed E-state index contributed by atoms with van der Waals surface area (Å²) in [5.41, 5.74) is 1.23. The van der Waals surface area contributed by atoms with Crippen molar-refractivity contribution in [3.8, 4) is 11.5 Å². The fraction of sp³-hybridized carbons (Fsp3) is 0.333. The van der Waals surface area contributed by atoms with Crippen molar-refractivity contribution >= 4 is 0 Å². The summed E-state index contributed by atoms with van der Waals surface area (Å²) >= 11 is 0. The zero-order valence-electron chi connectivity index (χ0n) is 13.9. The van der Waals surface area contributed by atoms with E-state index in [4.69, 9.17) is 9.47 Å². The molecule has 1 N–H and O–H groups in total. The average molecular weight is 337 g/mol. The van der Waals surface area contributed by atoms with Gasteiger partial charge in [-0.25, -0.2) is 8.78 Å². The predicted octanol–water partition coefficient (Wildman–Crippen LogP) is 3.15. The number of likely N-dealkylation sites (N-methyl/N-ethyl adjacent to an activating group) is 1. The average Bonchev–Trinajstić information content (AvgIpc) is 2.57. The first-order valence-corrected chi connectivity index (χ1v) is 7.47. The Balaban J connectivity index is 2.07. The lowest BCUT2D eigenvalue weighted by Gasteiger charge is -2.22. The summed E-state index contributed by atoms with van der Waals surface area (Å²) in [4.78, 5) is 1.86. The number of aliphatic hydroxyl groups excluding tert-OH is 1. The molecule has 0 aliphatic heterocycles. The first-order chi connectivity index (χ1) is 11.4. The van der Waals surface area contributed by atoms with Crippen LogP contribution in [0.5, 0.6) is 11.5 Å². The molecule has 1 atom stereocenters. The first kappa shape index (κ1) is 18.2. The lowest BCUT2D eigenvalue weighted by molar-refractivity contribution is 0.123. The minimum Gasteiger partial charge on any atom is -0.497 e. The van der Waals surface area contributed by atoms with Crippen LogP contribution < -0.4 is 9.47 Å². The van der Waals surface area contributed by atoms with Crippen molar-refractivity contribution in [1.29, 1.82) is 0 Å². The number of benzene rings is 2. The van der Waals surface area contributed by atoms with Gasteiger partial charge in [0.1, 0.15) is 11.5 Å². The van der Waals surface area contributed by atoms with Crippen molar-refractivity contribution in [3.63, 3.8) is 0 Å². The molecular formula is C18H21F2NO3. The highest BCUT2D eigenvalue weighted by atomic mass is 19.2. The van der Waals surface area contributed by atoms with Crippen LogP contribution in [0, 0.1) is 11.6 Å². The van der Waals surface area contributed by atoms with Crippen molar-refractivity contribution in [2.75, 3.05) is 27.8 Å². The lowest BCUT2D eigenvalue weighted by atomic mass is 10.1. The molecule has 2 rings (SSSR count). The van der Waals surface area contributed by atoms with E-state index in [1.165, 1.54) is 6.07 Å². The lowest BCUT2D eigenvalue weighted by Crippen LogP contribution is -2.24. The van der Waals surface area contributed by atoms with Crippen molar-refractivity contribution in [2.45, 2.75) is 12.6 Å². The zero-order valence-corrected chi connectivity index (χ0v) is 13.9. The van der Waals surface area contributed by atoms with E-state index in [0.29, 0.717) is 23.6 Å². The highest BCUT2D eigenvalue weighted by molar-refractivity contribution is 5.40. The second kappa shape index (κ2) is 8.08. The van der Waals surface area contributed by atoms with E-state index in [-0.39, 0.29) is 6.54 Å². The molecule has 0 saturated carbocycles. The topological polar surface area (TPSA) is 41.9 Å². The molecule has 0 fully saturated rings. The van der Waals surface area contributed by atoms with Gasteiger partial charge in [-0.3, -0.25) is 4.90 Å². The number of ether oxygens (including phenoxy) is 2. The fourth-order valence-electron chi connectivity index (χ4n) is 2.48. The van der Waals surface area contributed by atoms with E-state index < -0.39 is 17.7 Å². The van der Waals surface area contributed by atoms with Crippen LogP contribution in [0.15, 0.2) is 36.4 Å². The molecule has 24 heavy (non-hydrogen) atoms. The summed E-state index contributed by atoms with van der Waals surface area (Å²) < 4.78 is 36.8. The summed E-state index contributed by atoms with van der Waals surface area (Å²) in [6.07, 6.45) is -0.929. The number of hydrogen-bond donors (Lipinski definition) is 1. The van der Waals surface area contributed by atoms with E-state index in [2.05, 4.69) is 0 Å². The molecule has 0 aliphatic carbocycles. The summed E-state index contributed by atoms with van der Waals surface area (Å²) in [5.74, 6) is -0.477. The van der Waals surface area contributed by atoms with Gasteiger partial charge in [0, 0.05) is 18.7 Å². The summed E-state index contributed by atoms with van der Waals surface area (Å²) in [5, 5.41) is 10.2. The molecule has 0 radical (unpaired) electrons. The molecule has 0 aromatic heterocycles. The van der Waals surface area contributed by atoms with Crippen molar-refractivity contribution in [1.82, 2.24) is 4.90 Å². The van der Waals surface area contributed by atoms with Gasteiger partial charge in [0.15, 0.2) is 11.6 Å². The maximum atomic E-state index is 13.3. The molecule has 0 saturated heterocycles. The summed E-state index contributed by atoms with van der Waals surface area (Å²) in [6.45, 7) is 0.756. The zero-order chi connectivity index (χ0) is 17.7. The minimum absolute atomic E-state index is 0.255. The molecule has 1 unspecified atom stereocenters. The molecule has 4 nitrogen and oxygen atoms in total. The maximum Gasteiger partial charge on any atom is 0.159 e. The molecule has 0 amide bonds. The molecule has 0 heterocycles. The maximum absolute atomic E-state index is 13.3. The minimum atomic E-state index is -0.969. The van der Waals surface area contributed by atoms with Crippen LogP contribution in [0.2, 0.25) is 0 Å². The highest BCUT2D eigenvalue weighted by Gasteiger charge is 2.15. The Bertz CT molecular complexity index is 694. The number of nitrogens with zero attached hydrogens (tertiary/aromatic N) is 1. The smallest absolute Gasteiger partial charge is 0.159 e. The number of methoxy groups -OCH3 is 2. The molecule has 0 bridgehead atoms. The Labute approximate surface area is 140 Å². The van der Waals surface area contributed by atoms with Crippen molar-refractivity contribution in [2.24, 2.45) is 0 Å². The van der Waals surface area contributed by atoms with E-state index in [1.54, 1.807) is 20.3 Å². The van der Waals surface area contributed by atoms with Crippen LogP contribution in [0.25, 0.3) is 0 Å². The third-order valence-electron chi connectivity index (χ3n) is 3.74. The van der Waals surface area contributed by atoms with Gasteiger partial charge < -0.3 is 14.6 Å². The van der Waals surface area contributed by atoms with Crippen LogP contribution in [-0.2, 0) is 6.54 Å². The van der Waals surface area contributed by atoms with Crippen LogP contribution in [-0.4, -0.2) is 37.8 Å².